The van der Waals surface area contributed by atoms with Crippen LogP contribution in [0.25, 0.3) is 66.1 Å². The van der Waals surface area contributed by atoms with Crippen molar-refractivity contribution in [2.24, 2.45) is 0 Å². The Balaban J connectivity index is 0.000000201. The van der Waals surface area contributed by atoms with E-state index in [1.807, 2.05) is 0 Å². The molecule has 0 N–H and O–H groups in total. The fourth-order valence-corrected chi connectivity index (χ4v) is 8.01. The first-order valence-electron chi connectivity index (χ1n) is 20.8. The maximum absolute atomic E-state index is 4.93. The summed E-state index contributed by atoms with van der Waals surface area (Å²) in [6, 6.07) is 53.9. The Morgan fingerprint density at radius 1 is 0.433 bits per heavy atom. The van der Waals surface area contributed by atoms with E-state index in [-0.39, 0.29) is 10.8 Å². The van der Waals surface area contributed by atoms with Gasteiger partial charge >= 0.3 is 37.9 Å². The second kappa shape index (κ2) is 20.9. The molecule has 0 amide bonds. The van der Waals surface area contributed by atoms with Crippen molar-refractivity contribution in [2.45, 2.75) is 93.2 Å². The standard InChI is InChI=1S/2C27H27.C2H6Si.2ClH.Zr/c2*1-18-13-19(2)15-22(14-18)26-24(20-9-7-6-8-10-20)12-11-21-16-23(17-25(21)26)27(3,4)5;1-3-2;;;/h2*6-17H,1-5H3;1-2H3;2*1H;/q2*-1;;;;+4/p-2. The zero-order valence-corrected chi connectivity index (χ0v) is 42.6. The summed E-state index contributed by atoms with van der Waals surface area (Å²) in [6.45, 7) is 26.8. The van der Waals surface area contributed by atoms with Crippen molar-refractivity contribution < 1.29 is 20.8 Å². The predicted octanol–water partition coefficient (Wildman–Crippen LogP) is 17.8. The quantitative estimate of drug-likeness (QED) is 0.122. The fraction of sp³-hybridized carbons (Fsp3) is 0.250. The molecule has 0 heterocycles. The molecule has 0 bridgehead atoms. The summed E-state index contributed by atoms with van der Waals surface area (Å²) in [5, 5.41) is 5.36. The van der Waals surface area contributed by atoms with Crippen LogP contribution in [0.3, 0.4) is 0 Å². The summed E-state index contributed by atoms with van der Waals surface area (Å²) in [5.74, 6) is 0. The van der Waals surface area contributed by atoms with Crippen LogP contribution < -0.4 is 0 Å². The van der Waals surface area contributed by atoms with Crippen LogP contribution in [-0.4, -0.2) is 9.52 Å². The molecule has 0 fully saturated rings. The van der Waals surface area contributed by atoms with Crippen molar-refractivity contribution in [1.82, 2.24) is 0 Å². The van der Waals surface area contributed by atoms with Gasteiger partial charge in [0.1, 0.15) is 0 Å². The number of hydrogen-bond donors (Lipinski definition) is 0. The van der Waals surface area contributed by atoms with Crippen LogP contribution in [-0.2, 0) is 31.7 Å². The van der Waals surface area contributed by atoms with Crippen LogP contribution in [0.2, 0.25) is 13.1 Å². The number of rotatable bonds is 4. The minimum atomic E-state index is -0.826. The molecule has 306 valence electrons. The molecule has 0 spiro atoms. The summed E-state index contributed by atoms with van der Waals surface area (Å²) in [7, 11) is 11.0. The van der Waals surface area contributed by atoms with Crippen molar-refractivity contribution in [3.05, 3.63) is 179 Å². The van der Waals surface area contributed by atoms with Gasteiger partial charge in [0.05, 0.1) is 0 Å². The zero-order valence-electron chi connectivity index (χ0n) is 37.6. The summed E-state index contributed by atoms with van der Waals surface area (Å²) in [5.41, 5.74) is 18.8. The molecule has 8 rings (SSSR count). The number of benzene rings is 6. The van der Waals surface area contributed by atoms with Gasteiger partial charge in [-0.1, -0.05) is 197 Å². The third-order valence-electron chi connectivity index (χ3n) is 10.7. The predicted molar refractivity (Wildman–Crippen MR) is 266 cm³/mol. The monoisotopic (exact) mass is 920 g/mol. The minimum absolute atomic E-state index is 0.145. The van der Waals surface area contributed by atoms with Crippen molar-refractivity contribution in [1.29, 1.82) is 0 Å². The molecule has 0 unspecified atom stereocenters. The van der Waals surface area contributed by atoms with E-state index in [0.717, 1.165) is 9.52 Å². The number of halogens is 2. The van der Waals surface area contributed by atoms with Crippen LogP contribution in [0, 0.1) is 27.7 Å². The Bertz CT molecular complexity index is 2410. The molecule has 0 saturated heterocycles. The molecular weight excluding hydrogens is 863 g/mol. The molecular formula is C56H60Cl2SiZr. The molecule has 0 aliphatic carbocycles. The van der Waals surface area contributed by atoms with Gasteiger partial charge in [-0.15, -0.1) is 56.9 Å². The van der Waals surface area contributed by atoms with Gasteiger partial charge < -0.3 is 0 Å². The molecule has 0 atom stereocenters. The Kier molecular flexibility index (Phi) is 16.4. The number of fused-ring (bicyclic) bond motifs is 2. The van der Waals surface area contributed by atoms with Gasteiger partial charge in [0, 0.05) is 9.52 Å². The van der Waals surface area contributed by atoms with Gasteiger partial charge in [0.25, 0.3) is 0 Å². The van der Waals surface area contributed by atoms with Crippen LogP contribution in [0.4, 0.5) is 0 Å². The first-order valence-corrected chi connectivity index (χ1v) is 29.1. The van der Waals surface area contributed by atoms with E-state index in [1.165, 1.54) is 99.4 Å². The first-order chi connectivity index (χ1) is 28.5. The Morgan fingerprint density at radius 2 is 0.733 bits per heavy atom. The molecule has 2 radical (unpaired) electrons. The zero-order chi connectivity index (χ0) is 43.8. The average molecular weight is 923 g/mol. The van der Waals surface area contributed by atoms with Crippen molar-refractivity contribution >= 4 is 48.1 Å². The van der Waals surface area contributed by atoms with E-state index in [9.17, 15) is 0 Å². The van der Waals surface area contributed by atoms with Gasteiger partial charge in [0.2, 0.25) is 0 Å². The molecule has 4 heteroatoms. The van der Waals surface area contributed by atoms with Crippen molar-refractivity contribution in [2.75, 3.05) is 0 Å². The average Bonchev–Trinajstić information content (AvgIpc) is 3.84. The fourth-order valence-electron chi connectivity index (χ4n) is 8.01. The van der Waals surface area contributed by atoms with Crippen LogP contribution in [0.15, 0.2) is 146 Å². The van der Waals surface area contributed by atoms with Crippen LogP contribution >= 0.6 is 17.0 Å². The molecule has 8 aromatic rings. The van der Waals surface area contributed by atoms with E-state index in [0.29, 0.717) is 0 Å². The van der Waals surface area contributed by atoms with Gasteiger partial charge in [-0.2, -0.15) is 12.1 Å². The second-order valence-electron chi connectivity index (χ2n) is 18.0. The molecule has 0 aliphatic rings. The normalized spacial score (nSPS) is 11.2. The third kappa shape index (κ3) is 11.8. The van der Waals surface area contributed by atoms with E-state index < -0.39 is 20.8 Å². The molecule has 0 aromatic heterocycles. The molecule has 0 saturated carbocycles. The summed E-state index contributed by atoms with van der Waals surface area (Å²) < 4.78 is 0. The molecule has 0 nitrogen and oxygen atoms in total. The summed E-state index contributed by atoms with van der Waals surface area (Å²) in [4.78, 5) is 0. The molecule has 8 aromatic carbocycles. The van der Waals surface area contributed by atoms with Gasteiger partial charge in [0.15, 0.2) is 0 Å². The topological polar surface area (TPSA) is 0 Å². The van der Waals surface area contributed by atoms with Gasteiger partial charge in [-0.25, -0.2) is 0 Å². The second-order valence-corrected chi connectivity index (χ2v) is 22.8. The van der Waals surface area contributed by atoms with Gasteiger partial charge in [-0.3, -0.25) is 0 Å². The SMILES string of the molecule is C[Si]C.Cc1cc(C)cc(-c2c(-c3ccccc3)ccc3[cH-]c(C(C)(C)C)cc23)c1.Cc1cc(C)cc(-c2c(-c3ccccc3)ccc3[cH-]c(C(C)(C)C)cc23)c1.[Cl][Zr+2][Cl]. The van der Waals surface area contributed by atoms with Crippen molar-refractivity contribution in [3.8, 4) is 44.5 Å². The van der Waals surface area contributed by atoms with Crippen molar-refractivity contribution in [3.63, 3.8) is 0 Å². The maximum atomic E-state index is 4.93. The number of hydrogen-bond acceptors (Lipinski definition) is 0. The summed E-state index contributed by atoms with van der Waals surface area (Å²) >= 11 is -0.826. The summed E-state index contributed by atoms with van der Waals surface area (Å²) in [6.07, 6.45) is 0. The molecule has 60 heavy (non-hydrogen) atoms. The van der Waals surface area contributed by atoms with Gasteiger partial charge in [-0.05, 0) is 71.9 Å². The van der Waals surface area contributed by atoms with Crippen LogP contribution in [0.5, 0.6) is 0 Å². The number of aryl methyl sites for hydroxylation is 4. The third-order valence-corrected chi connectivity index (χ3v) is 10.7. The molecule has 0 aliphatic heterocycles. The first kappa shape index (κ1) is 47.3. The van der Waals surface area contributed by atoms with E-state index in [4.69, 9.17) is 17.0 Å². The Morgan fingerprint density at radius 3 is 1.02 bits per heavy atom. The van der Waals surface area contributed by atoms with E-state index >= 15 is 0 Å². The Labute approximate surface area is 382 Å². The van der Waals surface area contributed by atoms with E-state index in [1.54, 1.807) is 0 Å². The van der Waals surface area contributed by atoms with E-state index in [2.05, 4.69) is 228 Å². The Hall–Kier alpha value is -3.78. The van der Waals surface area contributed by atoms with Crippen LogP contribution in [0.1, 0.15) is 74.9 Å².